The molecular formula is C30H35NO3. The number of rotatable bonds is 5. The lowest BCUT2D eigenvalue weighted by Crippen LogP contribution is -2.33. The molecule has 4 heteroatoms. The smallest absolute Gasteiger partial charge is 0.337 e. The topological polar surface area (TPSA) is 49.8 Å². The Hall–Kier alpha value is -3.11. The number of nitrogens with zero attached hydrogens (tertiary/aromatic N) is 1. The molecule has 1 heterocycles. The van der Waals surface area contributed by atoms with Crippen LogP contribution in [-0.2, 0) is 22.5 Å². The Balaban J connectivity index is 1.94. The summed E-state index contributed by atoms with van der Waals surface area (Å²) in [5.74, 6) is -0.957. The molecule has 1 atom stereocenters. The van der Waals surface area contributed by atoms with Crippen LogP contribution >= 0.6 is 0 Å². The monoisotopic (exact) mass is 457 g/mol. The van der Waals surface area contributed by atoms with Gasteiger partial charge in [-0.2, -0.15) is 0 Å². The van der Waals surface area contributed by atoms with Gasteiger partial charge in [0.05, 0.1) is 5.60 Å². The van der Waals surface area contributed by atoms with Gasteiger partial charge in [-0.15, -0.1) is 0 Å². The van der Waals surface area contributed by atoms with E-state index in [4.69, 9.17) is 4.74 Å². The average Bonchev–Trinajstić information content (AvgIpc) is 2.80. The molecule has 4 rings (SSSR count). The van der Waals surface area contributed by atoms with Crippen molar-refractivity contribution in [1.29, 1.82) is 0 Å². The first-order valence-corrected chi connectivity index (χ1v) is 12.0. The third-order valence-corrected chi connectivity index (χ3v) is 6.72. The maximum Gasteiger partial charge on any atom is 0.337 e. The quantitative estimate of drug-likeness (QED) is 0.459. The van der Waals surface area contributed by atoms with Crippen LogP contribution in [0, 0.1) is 20.8 Å². The number of aryl methyl sites for hydroxylation is 1. The molecule has 34 heavy (non-hydrogen) atoms. The molecule has 1 unspecified atom stereocenters. The van der Waals surface area contributed by atoms with E-state index in [-0.39, 0.29) is 0 Å². The van der Waals surface area contributed by atoms with Crippen molar-refractivity contribution in [2.24, 2.45) is 0 Å². The van der Waals surface area contributed by atoms with E-state index >= 15 is 0 Å². The molecule has 178 valence electrons. The van der Waals surface area contributed by atoms with Gasteiger partial charge in [0.1, 0.15) is 0 Å². The third kappa shape index (κ3) is 4.74. The van der Waals surface area contributed by atoms with Crippen molar-refractivity contribution in [3.05, 3.63) is 88.0 Å². The predicted octanol–water partition coefficient (Wildman–Crippen LogP) is 6.78. The van der Waals surface area contributed by atoms with Crippen LogP contribution in [0.5, 0.6) is 0 Å². The maximum atomic E-state index is 12.6. The van der Waals surface area contributed by atoms with Gasteiger partial charge >= 0.3 is 5.97 Å². The van der Waals surface area contributed by atoms with Gasteiger partial charge in [-0.3, -0.25) is 0 Å². The molecule has 1 aliphatic rings. The largest absolute Gasteiger partial charge is 0.479 e. The standard InChI is InChI=1S/C30H35NO3/c1-19-12-14-22(15-13-19)26-20(2)24-16-17-31(23-10-8-7-9-11-23)18-25(24)21(3)27(26)28(29(32)33)34-30(4,5)6/h7-15,28H,16-18H2,1-6H3,(H,32,33). The Morgan fingerprint density at radius 1 is 0.941 bits per heavy atom. The van der Waals surface area contributed by atoms with E-state index in [0.29, 0.717) is 0 Å². The number of anilines is 1. The summed E-state index contributed by atoms with van der Waals surface area (Å²) >= 11 is 0. The second-order valence-electron chi connectivity index (χ2n) is 10.3. The minimum Gasteiger partial charge on any atom is -0.479 e. The first-order valence-electron chi connectivity index (χ1n) is 12.0. The van der Waals surface area contributed by atoms with Crippen molar-refractivity contribution in [2.45, 2.75) is 66.2 Å². The van der Waals surface area contributed by atoms with Crippen LogP contribution < -0.4 is 4.90 Å². The molecule has 3 aromatic rings. The van der Waals surface area contributed by atoms with E-state index in [1.165, 1.54) is 22.4 Å². The Kier molecular flexibility index (Phi) is 6.55. The first kappa shape index (κ1) is 24.0. The zero-order valence-electron chi connectivity index (χ0n) is 21.1. The molecule has 0 fully saturated rings. The summed E-state index contributed by atoms with van der Waals surface area (Å²) in [5.41, 5.74) is 9.33. The molecule has 0 spiro atoms. The number of fused-ring (bicyclic) bond motifs is 1. The summed E-state index contributed by atoms with van der Waals surface area (Å²) < 4.78 is 6.20. The highest BCUT2D eigenvalue weighted by Gasteiger charge is 2.34. The molecule has 0 aliphatic carbocycles. The molecule has 0 saturated heterocycles. The summed E-state index contributed by atoms with van der Waals surface area (Å²) in [5, 5.41) is 10.3. The molecule has 3 aromatic carbocycles. The average molecular weight is 458 g/mol. The zero-order chi connectivity index (χ0) is 24.6. The normalized spacial score (nSPS) is 14.6. The van der Waals surface area contributed by atoms with Gasteiger partial charge in [0.2, 0.25) is 0 Å². The van der Waals surface area contributed by atoms with Crippen molar-refractivity contribution >= 4 is 11.7 Å². The molecule has 4 nitrogen and oxygen atoms in total. The second-order valence-corrected chi connectivity index (χ2v) is 10.3. The van der Waals surface area contributed by atoms with E-state index in [1.807, 2.05) is 26.8 Å². The number of carboxylic acid groups (broad SMARTS) is 1. The zero-order valence-corrected chi connectivity index (χ0v) is 21.1. The minimum atomic E-state index is -1.05. The van der Waals surface area contributed by atoms with E-state index in [1.54, 1.807) is 0 Å². The van der Waals surface area contributed by atoms with Crippen LogP contribution in [0.15, 0.2) is 54.6 Å². The van der Waals surface area contributed by atoms with Crippen LogP contribution in [-0.4, -0.2) is 23.2 Å². The molecule has 0 amide bonds. The fraction of sp³-hybridized carbons (Fsp3) is 0.367. The molecule has 0 bridgehead atoms. The molecule has 1 N–H and O–H groups in total. The Morgan fingerprint density at radius 3 is 2.18 bits per heavy atom. The van der Waals surface area contributed by atoms with Gasteiger partial charge in [0, 0.05) is 24.3 Å². The van der Waals surface area contributed by atoms with Crippen LogP contribution in [0.1, 0.15) is 60.3 Å². The lowest BCUT2D eigenvalue weighted by molar-refractivity contribution is -0.160. The highest BCUT2D eigenvalue weighted by molar-refractivity contribution is 5.84. The minimum absolute atomic E-state index is 0.597. The molecule has 0 saturated carbocycles. The van der Waals surface area contributed by atoms with E-state index < -0.39 is 17.7 Å². The highest BCUT2D eigenvalue weighted by Crippen LogP contribution is 2.43. The molecular weight excluding hydrogens is 422 g/mol. The van der Waals surface area contributed by atoms with Crippen molar-refractivity contribution < 1.29 is 14.6 Å². The van der Waals surface area contributed by atoms with Gasteiger partial charge < -0.3 is 14.7 Å². The third-order valence-electron chi connectivity index (χ3n) is 6.72. The van der Waals surface area contributed by atoms with Crippen LogP contribution in [0.3, 0.4) is 0 Å². The molecule has 1 aliphatic heterocycles. The summed E-state index contributed by atoms with van der Waals surface area (Å²) in [6.45, 7) is 13.7. The molecule has 0 radical (unpaired) electrons. The second kappa shape index (κ2) is 9.27. The van der Waals surface area contributed by atoms with Gasteiger partial charge in [0.25, 0.3) is 0 Å². The number of carbonyl (C=O) groups is 1. The van der Waals surface area contributed by atoms with Gasteiger partial charge in [-0.1, -0.05) is 48.0 Å². The van der Waals surface area contributed by atoms with E-state index in [9.17, 15) is 9.90 Å². The number of hydrogen-bond donors (Lipinski definition) is 1. The summed E-state index contributed by atoms with van der Waals surface area (Å²) in [6.07, 6.45) is -0.124. The Labute approximate surface area is 203 Å². The number of para-hydroxylation sites is 1. The van der Waals surface area contributed by atoms with Crippen LogP contribution in [0.25, 0.3) is 11.1 Å². The summed E-state index contributed by atoms with van der Waals surface area (Å²) in [7, 11) is 0. The van der Waals surface area contributed by atoms with Crippen molar-refractivity contribution in [3.8, 4) is 11.1 Å². The van der Waals surface area contributed by atoms with E-state index in [0.717, 1.165) is 47.3 Å². The van der Waals surface area contributed by atoms with Gasteiger partial charge in [-0.25, -0.2) is 4.79 Å². The number of hydrogen-bond acceptors (Lipinski definition) is 3. The maximum absolute atomic E-state index is 12.6. The number of ether oxygens (including phenoxy) is 1. The molecule has 0 aromatic heterocycles. The van der Waals surface area contributed by atoms with Crippen LogP contribution in [0.2, 0.25) is 0 Å². The predicted molar refractivity (Wildman–Crippen MR) is 138 cm³/mol. The van der Waals surface area contributed by atoms with Gasteiger partial charge in [0.15, 0.2) is 6.10 Å². The summed E-state index contributed by atoms with van der Waals surface area (Å²) in [4.78, 5) is 15.0. The van der Waals surface area contributed by atoms with E-state index in [2.05, 4.69) is 74.2 Å². The number of aliphatic carboxylic acids is 1. The Bertz CT molecular complexity index is 1190. The SMILES string of the molecule is Cc1ccc(-c2c(C)c3c(c(C)c2C(OC(C)(C)C)C(=O)O)CN(c2ccccc2)CC3)cc1. The first-order chi connectivity index (χ1) is 16.1. The van der Waals surface area contributed by atoms with Gasteiger partial charge in [-0.05, 0) is 93.5 Å². The fourth-order valence-electron chi connectivity index (χ4n) is 5.09. The lowest BCUT2D eigenvalue weighted by atomic mass is 9.80. The van der Waals surface area contributed by atoms with Crippen molar-refractivity contribution in [2.75, 3.05) is 11.4 Å². The summed E-state index contributed by atoms with van der Waals surface area (Å²) in [6, 6.07) is 18.8. The number of benzene rings is 3. The fourth-order valence-corrected chi connectivity index (χ4v) is 5.09. The number of carboxylic acids is 1. The highest BCUT2D eigenvalue weighted by atomic mass is 16.5. The van der Waals surface area contributed by atoms with Crippen LogP contribution in [0.4, 0.5) is 5.69 Å². The van der Waals surface area contributed by atoms with Crippen molar-refractivity contribution in [3.63, 3.8) is 0 Å². The van der Waals surface area contributed by atoms with Crippen molar-refractivity contribution in [1.82, 2.24) is 0 Å². The lowest BCUT2D eigenvalue weighted by Gasteiger charge is -2.36. The Morgan fingerprint density at radius 2 is 1.59 bits per heavy atom.